The number of piperidine rings is 1. The summed E-state index contributed by atoms with van der Waals surface area (Å²) in [5.41, 5.74) is 0. The molecule has 0 aromatic heterocycles. The van der Waals surface area contributed by atoms with Gasteiger partial charge in [-0.3, -0.25) is 0 Å². The Morgan fingerprint density at radius 2 is 1.93 bits per heavy atom. The number of rotatable bonds is 1. The molecule has 2 nitrogen and oxygen atoms in total. The Morgan fingerprint density at radius 3 is 2.57 bits per heavy atom. The van der Waals surface area contributed by atoms with E-state index in [1.54, 1.807) is 0 Å². The lowest BCUT2D eigenvalue weighted by molar-refractivity contribution is -0.940. The van der Waals surface area contributed by atoms with Crippen molar-refractivity contribution in [3.05, 3.63) is 0 Å². The zero-order valence-electron chi connectivity index (χ0n) is 9.76. The fourth-order valence-electron chi connectivity index (χ4n) is 3.53. The van der Waals surface area contributed by atoms with Crippen LogP contribution in [0.1, 0.15) is 26.7 Å². The first-order valence-corrected chi connectivity index (χ1v) is 6.30. The third-order valence-corrected chi connectivity index (χ3v) is 4.18. The van der Waals surface area contributed by atoms with Crippen LogP contribution in [0.4, 0.5) is 0 Å². The van der Waals surface area contributed by atoms with Crippen molar-refractivity contribution in [1.82, 2.24) is 5.32 Å². The highest BCUT2D eigenvalue weighted by Gasteiger charge is 2.38. The predicted molar refractivity (Wildman–Crippen MR) is 60.2 cm³/mol. The number of nitrogens with one attached hydrogen (secondary N) is 1. The summed E-state index contributed by atoms with van der Waals surface area (Å²) >= 11 is 0. The summed E-state index contributed by atoms with van der Waals surface area (Å²) in [6, 6.07) is 0. The van der Waals surface area contributed by atoms with Crippen molar-refractivity contribution in [3.8, 4) is 0 Å². The highest BCUT2D eigenvalue weighted by molar-refractivity contribution is 4.71. The van der Waals surface area contributed by atoms with Crippen LogP contribution in [-0.2, 0) is 0 Å². The average molecular weight is 197 g/mol. The van der Waals surface area contributed by atoms with Gasteiger partial charge in [0.25, 0.3) is 0 Å². The van der Waals surface area contributed by atoms with Crippen molar-refractivity contribution >= 4 is 0 Å². The number of nitrogens with zero attached hydrogens (tertiary/aromatic N) is 1. The van der Waals surface area contributed by atoms with E-state index in [1.165, 1.54) is 56.6 Å². The normalized spacial score (nSPS) is 37.3. The predicted octanol–water partition coefficient (Wildman–Crippen LogP) is 1.47. The van der Waals surface area contributed by atoms with Gasteiger partial charge in [-0.05, 0) is 12.8 Å². The molecule has 2 aliphatic heterocycles. The maximum Gasteiger partial charge on any atom is 0.0914 e. The molecule has 0 radical (unpaired) electrons. The van der Waals surface area contributed by atoms with Crippen LogP contribution in [0.2, 0.25) is 0 Å². The van der Waals surface area contributed by atoms with Crippen LogP contribution < -0.4 is 5.32 Å². The molecular weight excluding hydrogens is 172 g/mol. The number of piperazine rings is 1. The van der Waals surface area contributed by atoms with Gasteiger partial charge in [-0.2, -0.15) is 0 Å². The Hall–Kier alpha value is -0.0800. The molecule has 82 valence electrons. The standard InChI is InChI=1S/C12H25N2/c1-3-12-8-11(2)9-14(10-12)6-4-13-5-7-14/h11-13H,3-10H2,1-2H3/q+1. The molecule has 2 heteroatoms. The van der Waals surface area contributed by atoms with Crippen LogP contribution >= 0.6 is 0 Å². The molecular formula is C12H25N2+. The minimum absolute atomic E-state index is 0.951. The molecule has 0 aliphatic carbocycles. The fourth-order valence-corrected chi connectivity index (χ4v) is 3.53. The topological polar surface area (TPSA) is 12.0 Å². The quantitative estimate of drug-likeness (QED) is 0.628. The molecule has 1 N–H and O–H groups in total. The van der Waals surface area contributed by atoms with Crippen LogP contribution in [0.15, 0.2) is 0 Å². The monoisotopic (exact) mass is 197 g/mol. The van der Waals surface area contributed by atoms with Gasteiger partial charge < -0.3 is 9.80 Å². The van der Waals surface area contributed by atoms with E-state index in [0.717, 1.165) is 11.8 Å². The first-order chi connectivity index (χ1) is 6.74. The Kier molecular flexibility index (Phi) is 3.13. The van der Waals surface area contributed by atoms with E-state index in [9.17, 15) is 0 Å². The van der Waals surface area contributed by atoms with Gasteiger partial charge in [0.15, 0.2) is 0 Å². The van der Waals surface area contributed by atoms with Crippen LogP contribution in [0.25, 0.3) is 0 Å². The lowest BCUT2D eigenvalue weighted by atomic mass is 9.86. The van der Waals surface area contributed by atoms with Crippen molar-refractivity contribution < 1.29 is 4.48 Å². The first kappa shape index (κ1) is 10.4. The van der Waals surface area contributed by atoms with Crippen LogP contribution in [-0.4, -0.2) is 43.8 Å². The first-order valence-electron chi connectivity index (χ1n) is 6.30. The van der Waals surface area contributed by atoms with E-state index < -0.39 is 0 Å². The SMILES string of the molecule is CCC1CC(C)C[N+]2(CCNCC2)C1. The summed E-state index contributed by atoms with van der Waals surface area (Å²) < 4.78 is 1.42. The highest BCUT2D eigenvalue weighted by Crippen LogP contribution is 2.29. The van der Waals surface area contributed by atoms with Gasteiger partial charge in [0.2, 0.25) is 0 Å². The van der Waals surface area contributed by atoms with Crippen molar-refractivity contribution in [3.63, 3.8) is 0 Å². The molecule has 1 spiro atoms. The second kappa shape index (κ2) is 4.19. The number of quaternary nitrogens is 1. The maximum atomic E-state index is 3.49. The van der Waals surface area contributed by atoms with Crippen LogP contribution in [0.3, 0.4) is 0 Å². The lowest BCUT2D eigenvalue weighted by Gasteiger charge is -2.48. The van der Waals surface area contributed by atoms with E-state index in [0.29, 0.717) is 0 Å². The van der Waals surface area contributed by atoms with E-state index >= 15 is 0 Å². The fraction of sp³-hybridized carbons (Fsp3) is 1.00. The Balaban J connectivity index is 2.02. The highest BCUT2D eigenvalue weighted by atomic mass is 15.4. The number of hydrogen-bond acceptors (Lipinski definition) is 1. The summed E-state index contributed by atoms with van der Waals surface area (Å²) in [6.07, 6.45) is 2.86. The van der Waals surface area contributed by atoms with E-state index in [1.807, 2.05) is 0 Å². The van der Waals surface area contributed by atoms with E-state index in [2.05, 4.69) is 19.2 Å². The summed E-state index contributed by atoms with van der Waals surface area (Å²) in [6.45, 7) is 12.9. The Bertz CT molecular complexity index is 185. The summed E-state index contributed by atoms with van der Waals surface area (Å²) in [4.78, 5) is 0. The van der Waals surface area contributed by atoms with E-state index in [-0.39, 0.29) is 0 Å². The van der Waals surface area contributed by atoms with Gasteiger partial charge in [-0.15, -0.1) is 0 Å². The molecule has 0 bridgehead atoms. The molecule has 0 amide bonds. The minimum Gasteiger partial charge on any atom is -0.321 e. The third-order valence-electron chi connectivity index (χ3n) is 4.18. The van der Waals surface area contributed by atoms with Gasteiger partial charge in [0, 0.05) is 24.9 Å². The molecule has 14 heavy (non-hydrogen) atoms. The van der Waals surface area contributed by atoms with Gasteiger partial charge in [-0.1, -0.05) is 13.8 Å². The molecule has 2 aliphatic rings. The maximum absolute atomic E-state index is 3.49. The lowest BCUT2D eigenvalue weighted by Crippen LogP contribution is -2.63. The molecule has 2 atom stereocenters. The second-order valence-electron chi connectivity index (χ2n) is 5.52. The Morgan fingerprint density at radius 1 is 1.21 bits per heavy atom. The van der Waals surface area contributed by atoms with Crippen molar-refractivity contribution in [2.24, 2.45) is 11.8 Å². The van der Waals surface area contributed by atoms with Crippen molar-refractivity contribution in [1.29, 1.82) is 0 Å². The van der Waals surface area contributed by atoms with Gasteiger partial charge >= 0.3 is 0 Å². The summed E-state index contributed by atoms with van der Waals surface area (Å²) in [7, 11) is 0. The molecule has 0 aromatic carbocycles. The van der Waals surface area contributed by atoms with Gasteiger partial charge in [-0.25, -0.2) is 0 Å². The molecule has 2 rings (SSSR count). The third kappa shape index (κ3) is 2.12. The summed E-state index contributed by atoms with van der Waals surface area (Å²) in [5, 5.41) is 3.49. The molecule has 0 saturated carbocycles. The Labute approximate surface area is 88.3 Å². The molecule has 2 saturated heterocycles. The van der Waals surface area contributed by atoms with E-state index in [4.69, 9.17) is 0 Å². The molecule has 2 fully saturated rings. The van der Waals surface area contributed by atoms with Crippen molar-refractivity contribution in [2.45, 2.75) is 26.7 Å². The van der Waals surface area contributed by atoms with Crippen LogP contribution in [0.5, 0.6) is 0 Å². The average Bonchev–Trinajstić information content (AvgIpc) is 2.17. The summed E-state index contributed by atoms with van der Waals surface area (Å²) in [5.74, 6) is 1.95. The smallest absolute Gasteiger partial charge is 0.0914 e. The van der Waals surface area contributed by atoms with Crippen molar-refractivity contribution in [2.75, 3.05) is 39.3 Å². The second-order valence-corrected chi connectivity index (χ2v) is 5.52. The zero-order chi connectivity index (χ0) is 10.0. The molecule has 0 aromatic rings. The zero-order valence-corrected chi connectivity index (χ0v) is 9.76. The van der Waals surface area contributed by atoms with Gasteiger partial charge in [0.1, 0.15) is 0 Å². The van der Waals surface area contributed by atoms with Gasteiger partial charge in [0.05, 0.1) is 26.2 Å². The molecule has 2 unspecified atom stereocenters. The molecule has 2 heterocycles. The van der Waals surface area contributed by atoms with Crippen LogP contribution in [0, 0.1) is 11.8 Å². The largest absolute Gasteiger partial charge is 0.321 e. The minimum atomic E-state index is 0.951. The number of hydrogen-bond donors (Lipinski definition) is 1.